The molecule has 1 aromatic heterocycles. The minimum absolute atomic E-state index is 0.0452. The quantitative estimate of drug-likeness (QED) is 0.807. The summed E-state index contributed by atoms with van der Waals surface area (Å²) in [5, 5.41) is 6.96. The highest BCUT2D eigenvalue weighted by Crippen LogP contribution is 2.24. The fourth-order valence-corrected chi connectivity index (χ4v) is 3.40. The average Bonchev–Trinajstić information content (AvgIpc) is 3.30. The van der Waals surface area contributed by atoms with Crippen molar-refractivity contribution in [2.24, 2.45) is 5.16 Å². The molecule has 6 heteroatoms. The lowest BCUT2D eigenvalue weighted by molar-refractivity contribution is -0.142. The Morgan fingerprint density at radius 2 is 2.17 bits per heavy atom. The number of carbonyl (C=O) groups is 1. The highest BCUT2D eigenvalue weighted by Gasteiger charge is 2.32. The van der Waals surface area contributed by atoms with Gasteiger partial charge in [-0.3, -0.25) is 4.79 Å². The van der Waals surface area contributed by atoms with E-state index in [-0.39, 0.29) is 11.9 Å². The number of aryl methyl sites for hydroxylation is 1. The van der Waals surface area contributed by atoms with Crippen molar-refractivity contribution in [3.8, 4) is 0 Å². The molecule has 0 fully saturated rings. The molecule has 0 bridgehead atoms. The number of carbonyl (C=O) groups excluding carboxylic acids is 1. The van der Waals surface area contributed by atoms with E-state index < -0.39 is 6.10 Å². The van der Waals surface area contributed by atoms with Gasteiger partial charge in [-0.1, -0.05) is 35.5 Å². The molecule has 1 aliphatic rings. The van der Waals surface area contributed by atoms with Crippen LogP contribution in [0.15, 0.2) is 47.1 Å². The van der Waals surface area contributed by atoms with E-state index in [9.17, 15) is 4.79 Å². The van der Waals surface area contributed by atoms with Crippen LogP contribution < -0.4 is 0 Å². The van der Waals surface area contributed by atoms with E-state index in [1.807, 2.05) is 30.5 Å². The Bertz CT molecular complexity index is 700. The molecule has 1 amide bonds. The van der Waals surface area contributed by atoms with Crippen LogP contribution in [0.25, 0.3) is 0 Å². The normalized spacial score (nSPS) is 17.9. The second-order valence-electron chi connectivity index (χ2n) is 5.94. The van der Waals surface area contributed by atoms with Crippen molar-refractivity contribution >= 4 is 23.0 Å². The molecule has 126 valence electrons. The number of aromatic nitrogens is 1. The standard InChI is InChI=1S/C18H21N3O2S/c1-13(17-19-10-11-24-17)21(2)18(22)16-12-15(20-23-16)9-8-14-6-4-3-5-7-14/h3-7,10-11,13,16H,8-9,12H2,1-2H3/t13-,16-/m0/s1. The van der Waals surface area contributed by atoms with Crippen LogP contribution in [0.5, 0.6) is 0 Å². The molecule has 1 aromatic carbocycles. The largest absolute Gasteiger partial charge is 0.382 e. The van der Waals surface area contributed by atoms with E-state index in [0.717, 1.165) is 23.6 Å². The van der Waals surface area contributed by atoms with Crippen molar-refractivity contribution in [3.05, 3.63) is 52.5 Å². The zero-order valence-corrected chi connectivity index (χ0v) is 14.7. The van der Waals surface area contributed by atoms with Crippen LogP contribution in [0.1, 0.15) is 36.4 Å². The zero-order chi connectivity index (χ0) is 16.9. The molecule has 1 aliphatic heterocycles. The highest BCUT2D eigenvalue weighted by molar-refractivity contribution is 7.09. The van der Waals surface area contributed by atoms with Crippen LogP contribution in [0.2, 0.25) is 0 Å². The first-order valence-corrected chi connectivity index (χ1v) is 8.94. The smallest absolute Gasteiger partial charge is 0.267 e. The third-order valence-electron chi connectivity index (χ3n) is 4.29. The molecule has 2 heterocycles. The number of likely N-dealkylation sites (N-methyl/N-ethyl adjacent to an activating group) is 1. The number of nitrogens with zero attached hydrogens (tertiary/aromatic N) is 3. The van der Waals surface area contributed by atoms with Crippen LogP contribution >= 0.6 is 11.3 Å². The molecular formula is C18H21N3O2S. The lowest BCUT2D eigenvalue weighted by Gasteiger charge is -2.25. The Kier molecular flexibility index (Phi) is 5.25. The first kappa shape index (κ1) is 16.6. The molecule has 0 saturated carbocycles. The summed E-state index contributed by atoms with van der Waals surface area (Å²) in [6.07, 6.45) is 3.55. The monoisotopic (exact) mass is 343 g/mol. The molecule has 0 radical (unpaired) electrons. The number of hydrogen-bond acceptors (Lipinski definition) is 5. The summed E-state index contributed by atoms with van der Waals surface area (Å²) >= 11 is 1.55. The summed E-state index contributed by atoms with van der Waals surface area (Å²) in [6, 6.07) is 10.2. The van der Waals surface area contributed by atoms with Crippen LogP contribution in [0.4, 0.5) is 0 Å². The zero-order valence-electron chi connectivity index (χ0n) is 13.9. The number of benzene rings is 1. The minimum Gasteiger partial charge on any atom is -0.382 e. The van der Waals surface area contributed by atoms with Gasteiger partial charge in [0.05, 0.1) is 11.8 Å². The maximum absolute atomic E-state index is 12.6. The number of hydrogen-bond donors (Lipinski definition) is 0. The Morgan fingerprint density at radius 1 is 1.38 bits per heavy atom. The Labute approximate surface area is 146 Å². The molecule has 2 aromatic rings. The van der Waals surface area contributed by atoms with Crippen LogP contribution in [-0.4, -0.2) is 34.7 Å². The maximum atomic E-state index is 12.6. The summed E-state index contributed by atoms with van der Waals surface area (Å²) in [6.45, 7) is 1.98. The van der Waals surface area contributed by atoms with Gasteiger partial charge in [0.15, 0.2) is 0 Å². The fraction of sp³-hybridized carbons (Fsp3) is 0.389. The van der Waals surface area contributed by atoms with Gasteiger partial charge in [0.2, 0.25) is 6.10 Å². The van der Waals surface area contributed by atoms with Crippen molar-refractivity contribution in [1.29, 1.82) is 0 Å². The predicted octanol–water partition coefficient (Wildman–Crippen LogP) is 3.44. The molecule has 0 spiro atoms. The van der Waals surface area contributed by atoms with Gasteiger partial charge < -0.3 is 9.74 Å². The number of amides is 1. The molecular weight excluding hydrogens is 322 g/mol. The Balaban J connectivity index is 1.51. The SMILES string of the molecule is C[C@@H](c1nccs1)N(C)C(=O)[C@@H]1CC(CCc2ccccc2)=NO1. The van der Waals surface area contributed by atoms with Crippen molar-refractivity contribution in [2.75, 3.05) is 7.05 Å². The van der Waals surface area contributed by atoms with Gasteiger partial charge in [-0.25, -0.2) is 4.98 Å². The molecule has 3 rings (SSSR count). The average molecular weight is 343 g/mol. The van der Waals surface area contributed by atoms with Crippen molar-refractivity contribution < 1.29 is 9.63 Å². The van der Waals surface area contributed by atoms with Crippen LogP contribution in [0, 0.1) is 0 Å². The van der Waals surface area contributed by atoms with Crippen molar-refractivity contribution in [3.63, 3.8) is 0 Å². The van der Waals surface area contributed by atoms with Gasteiger partial charge in [0.1, 0.15) is 5.01 Å². The number of oxime groups is 1. The second-order valence-corrected chi connectivity index (χ2v) is 6.86. The minimum atomic E-state index is -0.511. The third kappa shape index (κ3) is 3.82. The van der Waals surface area contributed by atoms with Crippen molar-refractivity contribution in [1.82, 2.24) is 9.88 Å². The topological polar surface area (TPSA) is 54.8 Å². The number of rotatable bonds is 6. The molecule has 0 N–H and O–H groups in total. The lowest BCUT2D eigenvalue weighted by atomic mass is 10.0. The first-order valence-electron chi connectivity index (χ1n) is 8.06. The van der Waals surface area contributed by atoms with E-state index in [1.165, 1.54) is 5.56 Å². The van der Waals surface area contributed by atoms with E-state index in [4.69, 9.17) is 4.84 Å². The van der Waals surface area contributed by atoms with Gasteiger partial charge in [0, 0.05) is 25.0 Å². The summed E-state index contributed by atoms with van der Waals surface area (Å²) in [5.74, 6) is -0.0452. The molecule has 24 heavy (non-hydrogen) atoms. The summed E-state index contributed by atoms with van der Waals surface area (Å²) in [5.41, 5.74) is 2.22. The van der Waals surface area contributed by atoms with Gasteiger partial charge >= 0.3 is 0 Å². The van der Waals surface area contributed by atoms with E-state index in [0.29, 0.717) is 6.42 Å². The Morgan fingerprint density at radius 3 is 2.88 bits per heavy atom. The number of thiazole rings is 1. The molecule has 5 nitrogen and oxygen atoms in total. The van der Waals surface area contributed by atoms with Gasteiger partial charge in [0.25, 0.3) is 5.91 Å². The summed E-state index contributed by atoms with van der Waals surface area (Å²) < 4.78 is 0. The van der Waals surface area contributed by atoms with Gasteiger partial charge in [-0.2, -0.15) is 0 Å². The molecule has 0 aliphatic carbocycles. The fourth-order valence-electron chi connectivity index (χ4n) is 2.66. The molecule has 0 saturated heterocycles. The van der Waals surface area contributed by atoms with Crippen molar-refractivity contribution in [2.45, 2.75) is 38.3 Å². The first-order chi connectivity index (χ1) is 11.6. The highest BCUT2D eigenvalue weighted by atomic mass is 32.1. The van der Waals surface area contributed by atoms with Crippen LogP contribution in [0.3, 0.4) is 0 Å². The lowest BCUT2D eigenvalue weighted by Crippen LogP contribution is -2.38. The van der Waals surface area contributed by atoms with Gasteiger partial charge in [-0.05, 0) is 25.3 Å². The summed E-state index contributed by atoms with van der Waals surface area (Å²) in [4.78, 5) is 24.0. The summed E-state index contributed by atoms with van der Waals surface area (Å²) in [7, 11) is 1.79. The van der Waals surface area contributed by atoms with Gasteiger partial charge in [-0.15, -0.1) is 11.3 Å². The van der Waals surface area contributed by atoms with E-state index >= 15 is 0 Å². The van der Waals surface area contributed by atoms with E-state index in [1.54, 1.807) is 29.5 Å². The predicted molar refractivity (Wildman–Crippen MR) is 95.0 cm³/mol. The molecule has 0 unspecified atom stereocenters. The Hall–Kier alpha value is -2.21. The third-order valence-corrected chi connectivity index (χ3v) is 5.23. The van der Waals surface area contributed by atoms with E-state index in [2.05, 4.69) is 22.3 Å². The second kappa shape index (κ2) is 7.57. The maximum Gasteiger partial charge on any atom is 0.267 e. The van der Waals surface area contributed by atoms with Crippen LogP contribution in [-0.2, 0) is 16.1 Å². The molecule has 2 atom stereocenters.